The molecule has 1 N–H and O–H groups in total. The molecule has 3 nitrogen and oxygen atoms in total. The standard InChI is InChI=1S/C14H14ClNO2S/c1-10-4-3-5-12(8-10)16-19(17,18)13-7-6-11(2)14(15)9-13/h3-9,16H,1-2H3. The van der Waals surface area contributed by atoms with E-state index < -0.39 is 10.0 Å². The molecule has 0 spiro atoms. The van der Waals surface area contributed by atoms with Gasteiger partial charge in [-0.25, -0.2) is 8.42 Å². The van der Waals surface area contributed by atoms with E-state index in [1.54, 1.807) is 30.3 Å². The van der Waals surface area contributed by atoms with Crippen molar-refractivity contribution in [3.05, 3.63) is 58.6 Å². The molecule has 19 heavy (non-hydrogen) atoms. The maximum absolute atomic E-state index is 12.2. The fourth-order valence-electron chi connectivity index (χ4n) is 1.66. The van der Waals surface area contributed by atoms with Crippen LogP contribution in [0.5, 0.6) is 0 Å². The van der Waals surface area contributed by atoms with Gasteiger partial charge in [-0.05, 0) is 49.2 Å². The minimum absolute atomic E-state index is 0.157. The summed E-state index contributed by atoms with van der Waals surface area (Å²) in [7, 11) is -3.60. The summed E-state index contributed by atoms with van der Waals surface area (Å²) in [5, 5.41) is 0.437. The monoisotopic (exact) mass is 295 g/mol. The van der Waals surface area contributed by atoms with Crippen LogP contribution in [0.3, 0.4) is 0 Å². The number of aryl methyl sites for hydroxylation is 2. The number of nitrogens with one attached hydrogen (secondary N) is 1. The molecule has 0 aliphatic rings. The number of rotatable bonds is 3. The Bertz CT molecular complexity index is 711. The average Bonchev–Trinajstić information content (AvgIpc) is 2.32. The molecule has 0 aliphatic carbocycles. The molecule has 100 valence electrons. The SMILES string of the molecule is Cc1cccc(NS(=O)(=O)c2ccc(C)c(Cl)c2)c1. The Hall–Kier alpha value is -1.52. The van der Waals surface area contributed by atoms with Crippen molar-refractivity contribution in [2.75, 3.05) is 4.72 Å². The van der Waals surface area contributed by atoms with E-state index in [0.717, 1.165) is 11.1 Å². The molecule has 2 aromatic rings. The zero-order valence-corrected chi connectivity index (χ0v) is 12.2. The molecular formula is C14H14ClNO2S. The Labute approximate surface area is 118 Å². The molecule has 0 fully saturated rings. The highest BCUT2D eigenvalue weighted by molar-refractivity contribution is 7.92. The Kier molecular flexibility index (Phi) is 3.83. The quantitative estimate of drug-likeness (QED) is 0.937. The van der Waals surface area contributed by atoms with Crippen LogP contribution in [0.4, 0.5) is 5.69 Å². The first-order valence-electron chi connectivity index (χ1n) is 5.74. The van der Waals surface area contributed by atoms with Gasteiger partial charge in [-0.1, -0.05) is 29.8 Å². The van der Waals surface area contributed by atoms with Crippen LogP contribution >= 0.6 is 11.6 Å². The van der Waals surface area contributed by atoms with E-state index in [0.29, 0.717) is 10.7 Å². The van der Waals surface area contributed by atoms with Crippen molar-refractivity contribution < 1.29 is 8.42 Å². The first kappa shape index (κ1) is 13.9. The van der Waals surface area contributed by atoms with Crippen LogP contribution in [0.15, 0.2) is 47.4 Å². The summed E-state index contributed by atoms with van der Waals surface area (Å²) in [5.74, 6) is 0. The predicted octanol–water partition coefficient (Wildman–Crippen LogP) is 3.76. The van der Waals surface area contributed by atoms with Crippen molar-refractivity contribution in [2.24, 2.45) is 0 Å². The van der Waals surface area contributed by atoms with Crippen LogP contribution in [0, 0.1) is 13.8 Å². The number of sulfonamides is 1. The summed E-state index contributed by atoms with van der Waals surface area (Å²) in [6.45, 7) is 3.73. The van der Waals surface area contributed by atoms with E-state index in [4.69, 9.17) is 11.6 Å². The van der Waals surface area contributed by atoms with Gasteiger partial charge in [0, 0.05) is 10.7 Å². The molecule has 2 rings (SSSR count). The van der Waals surface area contributed by atoms with E-state index in [2.05, 4.69) is 4.72 Å². The zero-order valence-electron chi connectivity index (χ0n) is 10.6. The fraction of sp³-hybridized carbons (Fsp3) is 0.143. The molecule has 0 saturated heterocycles. The molecule has 0 aromatic heterocycles. The molecule has 0 unspecified atom stereocenters. The Morgan fingerprint density at radius 2 is 1.79 bits per heavy atom. The van der Waals surface area contributed by atoms with Crippen molar-refractivity contribution in [2.45, 2.75) is 18.7 Å². The maximum atomic E-state index is 12.2. The van der Waals surface area contributed by atoms with Crippen LogP contribution in [-0.2, 0) is 10.0 Å². The summed E-state index contributed by atoms with van der Waals surface area (Å²) in [5.41, 5.74) is 2.37. The Morgan fingerprint density at radius 1 is 1.05 bits per heavy atom. The number of anilines is 1. The minimum atomic E-state index is -3.60. The number of benzene rings is 2. The fourth-order valence-corrected chi connectivity index (χ4v) is 2.98. The second kappa shape index (κ2) is 5.23. The molecule has 0 bridgehead atoms. The van der Waals surface area contributed by atoms with E-state index >= 15 is 0 Å². The predicted molar refractivity (Wildman–Crippen MR) is 78.2 cm³/mol. The number of hydrogen-bond donors (Lipinski definition) is 1. The lowest BCUT2D eigenvalue weighted by Crippen LogP contribution is -2.13. The van der Waals surface area contributed by atoms with E-state index in [1.807, 2.05) is 19.9 Å². The van der Waals surface area contributed by atoms with Crippen LogP contribution in [0.2, 0.25) is 5.02 Å². The first-order valence-corrected chi connectivity index (χ1v) is 7.60. The van der Waals surface area contributed by atoms with Crippen LogP contribution in [0.1, 0.15) is 11.1 Å². The molecule has 0 atom stereocenters. The maximum Gasteiger partial charge on any atom is 0.261 e. The third kappa shape index (κ3) is 3.28. The van der Waals surface area contributed by atoms with Gasteiger partial charge in [0.05, 0.1) is 4.90 Å². The third-order valence-electron chi connectivity index (χ3n) is 2.72. The molecular weight excluding hydrogens is 282 g/mol. The third-order valence-corrected chi connectivity index (χ3v) is 4.51. The van der Waals surface area contributed by atoms with Gasteiger partial charge in [0.2, 0.25) is 0 Å². The largest absolute Gasteiger partial charge is 0.280 e. The molecule has 2 aromatic carbocycles. The first-order chi connectivity index (χ1) is 8.88. The molecule has 0 saturated carbocycles. The van der Waals surface area contributed by atoms with Crippen LogP contribution in [-0.4, -0.2) is 8.42 Å². The van der Waals surface area contributed by atoms with Gasteiger partial charge < -0.3 is 0 Å². The van der Waals surface area contributed by atoms with E-state index in [9.17, 15) is 8.42 Å². The summed E-state index contributed by atoms with van der Waals surface area (Å²) in [6, 6.07) is 11.9. The van der Waals surface area contributed by atoms with Crippen molar-refractivity contribution >= 4 is 27.3 Å². The van der Waals surface area contributed by atoms with Crippen LogP contribution < -0.4 is 4.72 Å². The van der Waals surface area contributed by atoms with Gasteiger partial charge in [-0.15, -0.1) is 0 Å². The van der Waals surface area contributed by atoms with Crippen molar-refractivity contribution in [3.63, 3.8) is 0 Å². The lowest BCUT2D eigenvalue weighted by atomic mass is 10.2. The molecule has 0 heterocycles. The van der Waals surface area contributed by atoms with Gasteiger partial charge in [0.25, 0.3) is 10.0 Å². The molecule has 0 aliphatic heterocycles. The lowest BCUT2D eigenvalue weighted by Gasteiger charge is -2.09. The summed E-state index contributed by atoms with van der Waals surface area (Å²) in [4.78, 5) is 0.157. The smallest absolute Gasteiger partial charge is 0.261 e. The van der Waals surface area contributed by atoms with Crippen molar-refractivity contribution in [1.82, 2.24) is 0 Å². The molecule has 0 amide bonds. The number of hydrogen-bond acceptors (Lipinski definition) is 2. The Balaban J connectivity index is 2.35. The minimum Gasteiger partial charge on any atom is -0.280 e. The second-order valence-corrected chi connectivity index (χ2v) is 6.48. The average molecular weight is 296 g/mol. The highest BCUT2D eigenvalue weighted by atomic mass is 35.5. The van der Waals surface area contributed by atoms with E-state index in [-0.39, 0.29) is 4.90 Å². The van der Waals surface area contributed by atoms with Gasteiger partial charge >= 0.3 is 0 Å². The van der Waals surface area contributed by atoms with Gasteiger partial charge in [0.15, 0.2) is 0 Å². The van der Waals surface area contributed by atoms with E-state index in [1.165, 1.54) is 6.07 Å². The van der Waals surface area contributed by atoms with Crippen LogP contribution in [0.25, 0.3) is 0 Å². The highest BCUT2D eigenvalue weighted by Crippen LogP contribution is 2.22. The van der Waals surface area contributed by atoms with Gasteiger partial charge in [0.1, 0.15) is 0 Å². The van der Waals surface area contributed by atoms with Crippen molar-refractivity contribution in [1.29, 1.82) is 0 Å². The highest BCUT2D eigenvalue weighted by Gasteiger charge is 2.15. The molecule has 0 radical (unpaired) electrons. The van der Waals surface area contributed by atoms with Crippen molar-refractivity contribution in [3.8, 4) is 0 Å². The van der Waals surface area contributed by atoms with Gasteiger partial charge in [-0.2, -0.15) is 0 Å². The lowest BCUT2D eigenvalue weighted by molar-refractivity contribution is 0.601. The normalized spacial score (nSPS) is 11.3. The van der Waals surface area contributed by atoms with Gasteiger partial charge in [-0.3, -0.25) is 4.72 Å². The summed E-state index contributed by atoms with van der Waals surface area (Å²) in [6.07, 6.45) is 0. The summed E-state index contributed by atoms with van der Waals surface area (Å²) < 4.78 is 26.9. The zero-order chi connectivity index (χ0) is 14.0. The topological polar surface area (TPSA) is 46.2 Å². The second-order valence-electron chi connectivity index (χ2n) is 4.39. The number of halogens is 1. The Morgan fingerprint density at radius 3 is 2.42 bits per heavy atom. The summed E-state index contributed by atoms with van der Waals surface area (Å²) >= 11 is 5.96. The molecule has 5 heteroatoms.